The number of nitrogens with one attached hydrogen (secondary N) is 1. The third-order valence-corrected chi connectivity index (χ3v) is 4.82. The number of hydrogen-bond donors (Lipinski definition) is 1. The number of methoxy groups -OCH3 is 2. The molecule has 10 nitrogen and oxygen atoms in total. The van der Waals surface area contributed by atoms with Gasteiger partial charge in [0.15, 0.2) is 0 Å². The molecule has 1 N–H and O–H groups in total. The summed E-state index contributed by atoms with van der Waals surface area (Å²) < 4.78 is 10.8. The number of benzene rings is 2. The quantitative estimate of drug-likeness (QED) is 0.445. The molecule has 0 radical (unpaired) electrons. The van der Waals surface area contributed by atoms with Gasteiger partial charge in [-0.25, -0.2) is 9.59 Å². The third kappa shape index (κ3) is 5.00. The summed E-state index contributed by atoms with van der Waals surface area (Å²) in [6.45, 7) is 0. The number of tetrazole rings is 1. The van der Waals surface area contributed by atoms with Crippen LogP contribution in [0.25, 0.3) is 5.69 Å². The first-order valence-corrected chi connectivity index (χ1v) is 9.58. The van der Waals surface area contributed by atoms with E-state index in [-0.39, 0.29) is 11.7 Å². The SMILES string of the molecule is COC(=O)c1ccc(NC(=O)CSc2nnnn2-c2ccc(C(=O)OC)cc2)cc1. The lowest BCUT2D eigenvalue weighted by molar-refractivity contribution is -0.113. The first kappa shape index (κ1) is 21.0. The Morgan fingerprint density at radius 2 is 1.50 bits per heavy atom. The number of amides is 1. The summed E-state index contributed by atoms with van der Waals surface area (Å²) in [6, 6.07) is 12.9. The smallest absolute Gasteiger partial charge is 0.337 e. The zero-order valence-corrected chi connectivity index (χ0v) is 16.9. The van der Waals surface area contributed by atoms with Gasteiger partial charge in [-0.15, -0.1) is 5.10 Å². The van der Waals surface area contributed by atoms with E-state index in [0.29, 0.717) is 27.7 Å². The van der Waals surface area contributed by atoms with E-state index < -0.39 is 11.9 Å². The molecular formula is C19H17N5O5S. The van der Waals surface area contributed by atoms with E-state index in [9.17, 15) is 14.4 Å². The van der Waals surface area contributed by atoms with Crippen LogP contribution in [-0.4, -0.2) is 58.0 Å². The van der Waals surface area contributed by atoms with Crippen LogP contribution >= 0.6 is 11.8 Å². The number of rotatable bonds is 7. The van der Waals surface area contributed by atoms with E-state index in [1.54, 1.807) is 48.5 Å². The van der Waals surface area contributed by atoms with Gasteiger partial charge in [0.05, 0.1) is 36.8 Å². The molecule has 0 aliphatic heterocycles. The molecule has 1 amide bonds. The fourth-order valence-electron chi connectivity index (χ4n) is 2.42. The van der Waals surface area contributed by atoms with Crippen LogP contribution in [0, 0.1) is 0 Å². The van der Waals surface area contributed by atoms with Crippen LogP contribution in [-0.2, 0) is 14.3 Å². The second kappa shape index (κ2) is 9.65. The van der Waals surface area contributed by atoms with E-state index >= 15 is 0 Å². The lowest BCUT2D eigenvalue weighted by Gasteiger charge is -2.07. The predicted octanol–water partition coefficient (Wildman–Crippen LogP) is 1.97. The number of ether oxygens (including phenoxy) is 2. The largest absolute Gasteiger partial charge is 0.465 e. The van der Waals surface area contributed by atoms with Gasteiger partial charge in [-0.2, -0.15) is 4.68 Å². The zero-order chi connectivity index (χ0) is 21.5. The van der Waals surface area contributed by atoms with Crippen molar-refractivity contribution < 1.29 is 23.9 Å². The fourth-order valence-corrected chi connectivity index (χ4v) is 3.11. The maximum absolute atomic E-state index is 12.2. The van der Waals surface area contributed by atoms with Crippen LogP contribution in [0.2, 0.25) is 0 Å². The van der Waals surface area contributed by atoms with Gasteiger partial charge in [0.2, 0.25) is 11.1 Å². The number of hydrogen-bond acceptors (Lipinski definition) is 9. The average Bonchev–Trinajstić information content (AvgIpc) is 3.26. The maximum Gasteiger partial charge on any atom is 0.337 e. The maximum atomic E-state index is 12.2. The monoisotopic (exact) mass is 427 g/mol. The number of nitrogens with zero attached hydrogens (tertiary/aromatic N) is 4. The molecule has 0 spiro atoms. The van der Waals surface area contributed by atoms with Crippen molar-refractivity contribution in [2.24, 2.45) is 0 Å². The minimum Gasteiger partial charge on any atom is -0.465 e. The minimum atomic E-state index is -0.449. The van der Waals surface area contributed by atoms with E-state index in [4.69, 9.17) is 0 Å². The Morgan fingerprint density at radius 3 is 2.07 bits per heavy atom. The fraction of sp³-hybridized carbons (Fsp3) is 0.158. The van der Waals surface area contributed by atoms with Crippen molar-refractivity contribution in [2.45, 2.75) is 5.16 Å². The highest BCUT2D eigenvalue weighted by Gasteiger charge is 2.13. The van der Waals surface area contributed by atoms with Crippen LogP contribution in [0.5, 0.6) is 0 Å². The highest BCUT2D eigenvalue weighted by molar-refractivity contribution is 7.99. The van der Waals surface area contributed by atoms with E-state index in [1.807, 2.05) is 0 Å². The van der Waals surface area contributed by atoms with Crippen molar-refractivity contribution in [1.29, 1.82) is 0 Å². The lowest BCUT2D eigenvalue weighted by atomic mass is 10.2. The topological polar surface area (TPSA) is 125 Å². The van der Waals surface area contributed by atoms with Gasteiger partial charge in [0, 0.05) is 5.69 Å². The summed E-state index contributed by atoms with van der Waals surface area (Å²) >= 11 is 1.15. The summed E-state index contributed by atoms with van der Waals surface area (Å²) in [5.74, 6) is -1.08. The van der Waals surface area contributed by atoms with Crippen molar-refractivity contribution in [1.82, 2.24) is 20.2 Å². The van der Waals surface area contributed by atoms with E-state index in [2.05, 4.69) is 30.3 Å². The molecule has 30 heavy (non-hydrogen) atoms. The summed E-state index contributed by atoms with van der Waals surface area (Å²) in [4.78, 5) is 35.2. The Hall–Kier alpha value is -3.73. The number of carbonyl (C=O) groups is 3. The molecule has 0 unspecified atom stereocenters. The normalized spacial score (nSPS) is 10.3. The first-order chi connectivity index (χ1) is 14.5. The van der Waals surface area contributed by atoms with Crippen molar-refractivity contribution in [3.63, 3.8) is 0 Å². The molecule has 1 aromatic heterocycles. The molecule has 3 aromatic rings. The highest BCUT2D eigenvalue weighted by atomic mass is 32.2. The van der Waals surface area contributed by atoms with Crippen LogP contribution in [0.4, 0.5) is 5.69 Å². The van der Waals surface area contributed by atoms with Gasteiger partial charge in [-0.1, -0.05) is 11.8 Å². The molecule has 0 saturated heterocycles. The predicted molar refractivity (Wildman–Crippen MR) is 108 cm³/mol. The molecule has 0 fully saturated rings. The van der Waals surface area contributed by atoms with Gasteiger partial charge in [0.25, 0.3) is 0 Å². The molecular weight excluding hydrogens is 410 g/mol. The Balaban J connectivity index is 1.60. The molecule has 2 aromatic carbocycles. The second-order valence-corrected chi connectivity index (χ2v) is 6.76. The van der Waals surface area contributed by atoms with Gasteiger partial charge in [-0.05, 0) is 59.0 Å². The van der Waals surface area contributed by atoms with Crippen molar-refractivity contribution in [3.8, 4) is 5.69 Å². The summed E-state index contributed by atoms with van der Waals surface area (Å²) in [6.07, 6.45) is 0. The number of carbonyl (C=O) groups excluding carboxylic acids is 3. The summed E-state index contributed by atoms with van der Waals surface area (Å²) in [7, 11) is 2.61. The molecule has 0 aliphatic rings. The average molecular weight is 427 g/mol. The van der Waals surface area contributed by atoms with Gasteiger partial charge < -0.3 is 14.8 Å². The first-order valence-electron chi connectivity index (χ1n) is 8.60. The van der Waals surface area contributed by atoms with Gasteiger partial charge >= 0.3 is 11.9 Å². The molecule has 11 heteroatoms. The van der Waals surface area contributed by atoms with Crippen molar-refractivity contribution in [2.75, 3.05) is 25.3 Å². The number of thioether (sulfide) groups is 1. The standard InChI is InChI=1S/C19H17N5O5S/c1-28-17(26)12-3-7-14(8-4-12)20-16(25)11-30-19-21-22-23-24(19)15-9-5-13(6-10-15)18(27)29-2/h3-10H,11H2,1-2H3,(H,20,25). The summed E-state index contributed by atoms with van der Waals surface area (Å²) in [5, 5.41) is 14.6. The Labute approximate surface area is 175 Å². The zero-order valence-electron chi connectivity index (χ0n) is 16.1. The molecule has 3 rings (SSSR count). The Morgan fingerprint density at radius 1 is 0.933 bits per heavy atom. The molecule has 0 saturated carbocycles. The van der Waals surface area contributed by atoms with Crippen LogP contribution in [0.3, 0.4) is 0 Å². The highest BCUT2D eigenvalue weighted by Crippen LogP contribution is 2.19. The number of esters is 2. The number of anilines is 1. The van der Waals surface area contributed by atoms with Crippen molar-refractivity contribution >= 4 is 35.3 Å². The Bertz CT molecular complexity index is 1050. The number of aromatic nitrogens is 4. The van der Waals surface area contributed by atoms with Crippen molar-refractivity contribution in [3.05, 3.63) is 59.7 Å². The molecule has 0 aliphatic carbocycles. The Kier molecular flexibility index (Phi) is 6.75. The van der Waals surface area contributed by atoms with Crippen LogP contribution in [0.15, 0.2) is 53.7 Å². The second-order valence-electron chi connectivity index (χ2n) is 5.82. The van der Waals surface area contributed by atoms with Crippen LogP contribution in [0.1, 0.15) is 20.7 Å². The summed E-state index contributed by atoms with van der Waals surface area (Å²) in [5.41, 5.74) is 1.98. The van der Waals surface area contributed by atoms with Gasteiger partial charge in [-0.3, -0.25) is 4.79 Å². The molecule has 154 valence electrons. The third-order valence-electron chi connectivity index (χ3n) is 3.90. The van der Waals surface area contributed by atoms with Gasteiger partial charge in [0.1, 0.15) is 0 Å². The van der Waals surface area contributed by atoms with Crippen LogP contribution < -0.4 is 5.32 Å². The molecule has 1 heterocycles. The molecule has 0 bridgehead atoms. The van der Waals surface area contributed by atoms with E-state index in [0.717, 1.165) is 11.8 Å². The van der Waals surface area contributed by atoms with E-state index in [1.165, 1.54) is 18.9 Å². The lowest BCUT2D eigenvalue weighted by Crippen LogP contribution is -2.14. The molecule has 0 atom stereocenters. The minimum absolute atomic E-state index is 0.0688.